The van der Waals surface area contributed by atoms with Crippen LogP contribution in [0, 0.1) is 6.92 Å². The maximum Gasteiger partial charge on any atom is 0.431 e. The van der Waals surface area contributed by atoms with Gasteiger partial charge in [-0.05, 0) is 30.7 Å². The van der Waals surface area contributed by atoms with Crippen molar-refractivity contribution in [2.75, 3.05) is 12.8 Å². The lowest BCUT2D eigenvalue weighted by Gasteiger charge is -2.18. The van der Waals surface area contributed by atoms with Gasteiger partial charge in [-0.25, -0.2) is 13.4 Å². The molecule has 1 aliphatic rings. The number of nitrogens with one attached hydrogen (secondary N) is 1. The number of aromatic nitrogens is 2. The molecule has 1 aromatic carbocycles. The van der Waals surface area contributed by atoms with Gasteiger partial charge in [0.05, 0.1) is 34.3 Å². The number of rotatable bonds is 4. The summed E-state index contributed by atoms with van der Waals surface area (Å²) in [5, 5.41) is 10.1. The van der Waals surface area contributed by atoms with Crippen LogP contribution in [0.5, 0.6) is 0 Å². The van der Waals surface area contributed by atoms with Gasteiger partial charge in [0.1, 0.15) is 11.5 Å². The number of benzene rings is 1. The number of azo groups is 1. The quantitative estimate of drug-likeness (QED) is 0.750. The molecule has 11 heteroatoms. The van der Waals surface area contributed by atoms with Crippen molar-refractivity contribution in [2.24, 2.45) is 17.3 Å². The monoisotopic (exact) mass is 427 g/mol. The maximum absolute atomic E-state index is 13.0. The van der Waals surface area contributed by atoms with Gasteiger partial charge in [-0.3, -0.25) is 0 Å². The topological polar surface area (TPSA) is 88.7 Å². The highest BCUT2D eigenvalue weighted by Gasteiger charge is 2.36. The summed E-state index contributed by atoms with van der Waals surface area (Å²) in [6, 6.07) is 3.06. The number of hydrogen-bond acceptors (Lipinski definition) is 6. The molecule has 1 N–H and O–H groups in total. The maximum atomic E-state index is 13.0. The predicted molar refractivity (Wildman–Crippen MR) is 102 cm³/mol. The third-order valence-corrected chi connectivity index (χ3v) is 6.51. The van der Waals surface area contributed by atoms with Gasteiger partial charge in [-0.2, -0.15) is 23.4 Å². The van der Waals surface area contributed by atoms with E-state index in [9.17, 15) is 21.6 Å². The molecule has 3 rings (SSSR count). The molecule has 0 saturated carbocycles. The molecule has 2 heterocycles. The highest BCUT2D eigenvalue weighted by atomic mass is 32.2. The van der Waals surface area contributed by atoms with E-state index in [0.29, 0.717) is 16.9 Å². The lowest BCUT2D eigenvalue weighted by atomic mass is 10.1. The summed E-state index contributed by atoms with van der Waals surface area (Å²) in [6.07, 6.45) is -3.60. The lowest BCUT2D eigenvalue weighted by Crippen LogP contribution is -2.29. The van der Waals surface area contributed by atoms with Crippen LogP contribution in [0.3, 0.4) is 0 Å². The van der Waals surface area contributed by atoms with Crippen molar-refractivity contribution in [1.82, 2.24) is 14.9 Å². The van der Waals surface area contributed by atoms with Gasteiger partial charge in [-0.15, -0.1) is 0 Å². The van der Waals surface area contributed by atoms with E-state index < -0.39 is 21.7 Å². The third kappa shape index (κ3) is 3.78. The van der Waals surface area contributed by atoms with Crippen LogP contribution in [0.25, 0.3) is 17.5 Å². The van der Waals surface area contributed by atoms with E-state index in [2.05, 4.69) is 20.5 Å². The number of allylic oxidation sites excluding steroid dienone is 1. The molecule has 0 spiro atoms. The van der Waals surface area contributed by atoms with Crippen molar-refractivity contribution in [3.63, 3.8) is 0 Å². The molecule has 0 radical (unpaired) electrons. The van der Waals surface area contributed by atoms with Gasteiger partial charge >= 0.3 is 6.18 Å². The first kappa shape index (κ1) is 21.0. The molecule has 0 amide bonds. The van der Waals surface area contributed by atoms with Crippen LogP contribution in [-0.2, 0) is 23.4 Å². The molecule has 0 atom stereocenters. The Morgan fingerprint density at radius 1 is 1.31 bits per heavy atom. The fourth-order valence-electron chi connectivity index (χ4n) is 3.14. The summed E-state index contributed by atoms with van der Waals surface area (Å²) in [4.78, 5) is 4.39. The summed E-state index contributed by atoms with van der Waals surface area (Å²) in [7, 11) is -0.492. The molecule has 29 heavy (non-hydrogen) atoms. The predicted octanol–water partition coefficient (Wildman–Crippen LogP) is 3.91. The van der Waals surface area contributed by atoms with Gasteiger partial charge in [0.2, 0.25) is 0 Å². The van der Waals surface area contributed by atoms with Gasteiger partial charge in [0.25, 0.3) is 0 Å². The molecule has 156 valence electrons. The van der Waals surface area contributed by atoms with Crippen LogP contribution in [0.2, 0.25) is 0 Å². The molecule has 0 aliphatic carbocycles. The van der Waals surface area contributed by atoms with E-state index in [4.69, 9.17) is 0 Å². The van der Waals surface area contributed by atoms with Crippen molar-refractivity contribution in [3.05, 3.63) is 34.8 Å². The van der Waals surface area contributed by atoms with E-state index in [-0.39, 0.29) is 34.3 Å². The average Bonchev–Trinajstić information content (AvgIpc) is 2.98. The number of fused-ring (bicyclic) bond motifs is 1. The standard InChI is InChI=1S/C18H20F3N5O2S/c1-5-29(27,28)15-6-10(2)12(25-22-3)7-11(15)17-24-13-8-16(18(19,20)21)23-9-14(13)26(17)4/h6-8,23H,5,9H2,1-4H3. The van der Waals surface area contributed by atoms with Gasteiger partial charge in [-0.1, -0.05) is 6.92 Å². The summed E-state index contributed by atoms with van der Waals surface area (Å²) < 4.78 is 66.1. The highest BCUT2D eigenvalue weighted by Crippen LogP contribution is 2.36. The summed E-state index contributed by atoms with van der Waals surface area (Å²) in [6.45, 7) is 3.17. The van der Waals surface area contributed by atoms with E-state index in [1.54, 1.807) is 24.6 Å². The first-order chi connectivity index (χ1) is 13.5. The molecule has 0 bridgehead atoms. The SMILES string of the molecule is CCS(=O)(=O)c1cc(C)c(N=NC)cc1-c1nc2c(n1C)CNC(C(F)(F)F)=C2. The largest absolute Gasteiger partial charge is 0.431 e. The summed E-state index contributed by atoms with van der Waals surface area (Å²) >= 11 is 0. The van der Waals surface area contributed by atoms with Gasteiger partial charge < -0.3 is 9.88 Å². The van der Waals surface area contributed by atoms with Crippen molar-refractivity contribution in [1.29, 1.82) is 0 Å². The molecule has 0 saturated heterocycles. The molecule has 7 nitrogen and oxygen atoms in total. The van der Waals surface area contributed by atoms with Crippen LogP contribution < -0.4 is 5.32 Å². The van der Waals surface area contributed by atoms with Gasteiger partial charge in [0.15, 0.2) is 9.84 Å². The Kier molecular flexibility index (Phi) is 5.28. The van der Waals surface area contributed by atoms with Crippen molar-refractivity contribution >= 4 is 21.6 Å². The lowest BCUT2D eigenvalue weighted by molar-refractivity contribution is -0.0961. The van der Waals surface area contributed by atoms with Crippen molar-refractivity contribution in [2.45, 2.75) is 31.5 Å². The highest BCUT2D eigenvalue weighted by molar-refractivity contribution is 7.91. The molecule has 2 aromatic rings. The van der Waals surface area contributed by atoms with E-state index in [1.807, 2.05) is 0 Å². The van der Waals surface area contributed by atoms with Crippen LogP contribution in [0.1, 0.15) is 23.9 Å². The Balaban J connectivity index is 2.28. The summed E-state index contributed by atoms with van der Waals surface area (Å²) in [5.74, 6) is 0.119. The van der Waals surface area contributed by atoms with E-state index in [1.165, 1.54) is 20.0 Å². The smallest absolute Gasteiger partial charge is 0.375 e. The second kappa shape index (κ2) is 7.29. The minimum Gasteiger partial charge on any atom is -0.375 e. The fraction of sp³-hybridized carbons (Fsp3) is 0.389. The normalized spacial score (nSPS) is 14.7. The number of halogens is 3. The van der Waals surface area contributed by atoms with Crippen LogP contribution >= 0.6 is 0 Å². The second-order valence-corrected chi connectivity index (χ2v) is 8.82. The third-order valence-electron chi connectivity index (χ3n) is 4.74. The fourth-order valence-corrected chi connectivity index (χ4v) is 4.29. The molecule has 1 aliphatic heterocycles. The van der Waals surface area contributed by atoms with Crippen LogP contribution in [-0.4, -0.2) is 36.9 Å². The number of aryl methyl sites for hydroxylation is 1. The first-order valence-corrected chi connectivity index (χ1v) is 10.4. The molecule has 0 fully saturated rings. The Hall–Kier alpha value is -2.69. The first-order valence-electron chi connectivity index (χ1n) is 8.75. The second-order valence-electron chi connectivity index (χ2n) is 6.57. The van der Waals surface area contributed by atoms with E-state index in [0.717, 1.165) is 6.08 Å². The molecule has 1 aromatic heterocycles. The Morgan fingerprint density at radius 3 is 2.59 bits per heavy atom. The Morgan fingerprint density at radius 2 is 2.00 bits per heavy atom. The number of alkyl halides is 3. The zero-order valence-electron chi connectivity index (χ0n) is 16.3. The Labute approximate surface area is 166 Å². The van der Waals surface area contributed by atoms with E-state index >= 15 is 0 Å². The van der Waals surface area contributed by atoms with Crippen LogP contribution in [0.15, 0.2) is 33.0 Å². The molecule has 0 unspecified atom stereocenters. The number of imidazole rings is 1. The Bertz CT molecular complexity index is 1130. The molecular weight excluding hydrogens is 407 g/mol. The van der Waals surface area contributed by atoms with Crippen molar-refractivity contribution < 1.29 is 21.6 Å². The minimum absolute atomic E-state index is 0.0611. The zero-order chi connectivity index (χ0) is 21.6. The number of sulfone groups is 1. The summed E-state index contributed by atoms with van der Waals surface area (Å²) in [5.41, 5.74) is 1.13. The van der Waals surface area contributed by atoms with Gasteiger partial charge in [0, 0.05) is 19.7 Å². The zero-order valence-corrected chi connectivity index (χ0v) is 17.1. The average molecular weight is 427 g/mol. The van der Waals surface area contributed by atoms with Crippen molar-refractivity contribution in [3.8, 4) is 11.4 Å². The molecular formula is C18H20F3N5O2S. The number of hydrogen-bond donors (Lipinski definition) is 1. The minimum atomic E-state index is -4.52. The number of nitrogens with zero attached hydrogens (tertiary/aromatic N) is 4. The van der Waals surface area contributed by atoms with Crippen LogP contribution in [0.4, 0.5) is 18.9 Å².